The summed E-state index contributed by atoms with van der Waals surface area (Å²) >= 11 is 0. The van der Waals surface area contributed by atoms with Gasteiger partial charge in [0, 0.05) is 28.9 Å². The lowest BCUT2D eigenvalue weighted by Crippen LogP contribution is -2.06. The zero-order valence-corrected chi connectivity index (χ0v) is 11.8. The Balaban J connectivity index is 2.30. The van der Waals surface area contributed by atoms with Gasteiger partial charge in [-0.1, -0.05) is 12.1 Å². The number of fused-ring (bicyclic) bond motifs is 1. The molecule has 0 fully saturated rings. The summed E-state index contributed by atoms with van der Waals surface area (Å²) in [5, 5.41) is 1.37. The molecule has 6 heteroatoms. The first-order valence-electron chi connectivity index (χ1n) is 6.23. The molecule has 0 saturated heterocycles. The van der Waals surface area contributed by atoms with Crippen molar-refractivity contribution >= 4 is 32.0 Å². The minimum Gasteiger partial charge on any atom is -0.399 e. The van der Waals surface area contributed by atoms with Gasteiger partial charge in [-0.2, -0.15) is 0 Å². The summed E-state index contributed by atoms with van der Waals surface area (Å²) in [4.78, 5) is 4.27. The van der Waals surface area contributed by atoms with E-state index in [1.54, 1.807) is 30.6 Å². The molecule has 0 aliphatic heterocycles. The van der Waals surface area contributed by atoms with Crippen LogP contribution in [0.15, 0.2) is 64.6 Å². The third-order valence-electron chi connectivity index (χ3n) is 3.25. The summed E-state index contributed by atoms with van der Waals surface area (Å²) < 4.78 is 25.7. The van der Waals surface area contributed by atoms with Gasteiger partial charge in [0.05, 0.1) is 15.5 Å². The van der Waals surface area contributed by atoms with E-state index < -0.39 is 9.84 Å². The fraction of sp³-hybridized carbons (Fsp3) is 0. The Morgan fingerprint density at radius 2 is 1.76 bits per heavy atom. The molecule has 0 saturated carbocycles. The van der Waals surface area contributed by atoms with Crippen LogP contribution >= 0.6 is 0 Å². The van der Waals surface area contributed by atoms with Crippen molar-refractivity contribution in [3.63, 3.8) is 0 Å². The first kappa shape index (κ1) is 13.4. The minimum atomic E-state index is -3.72. The van der Waals surface area contributed by atoms with Gasteiger partial charge < -0.3 is 11.5 Å². The maximum atomic E-state index is 12.8. The number of nitrogens with zero attached hydrogens (tertiary/aromatic N) is 1. The number of nitrogen functional groups attached to an aromatic ring is 2. The zero-order chi connectivity index (χ0) is 15.0. The third kappa shape index (κ3) is 2.19. The Labute approximate surface area is 122 Å². The normalized spacial score (nSPS) is 11.6. The maximum absolute atomic E-state index is 12.8. The molecule has 0 bridgehead atoms. The van der Waals surface area contributed by atoms with E-state index in [9.17, 15) is 8.42 Å². The van der Waals surface area contributed by atoms with Crippen LogP contribution in [0.1, 0.15) is 0 Å². The van der Waals surface area contributed by atoms with E-state index in [-0.39, 0.29) is 15.5 Å². The molecule has 5 nitrogen and oxygen atoms in total. The van der Waals surface area contributed by atoms with Crippen molar-refractivity contribution < 1.29 is 8.42 Å². The van der Waals surface area contributed by atoms with Crippen LogP contribution in [-0.4, -0.2) is 13.4 Å². The largest absolute Gasteiger partial charge is 0.399 e. The number of nitrogens with two attached hydrogens (primary N) is 2. The lowest BCUT2D eigenvalue weighted by Gasteiger charge is -2.10. The average Bonchev–Trinajstić information content (AvgIpc) is 2.46. The van der Waals surface area contributed by atoms with Crippen molar-refractivity contribution in [3.8, 4) is 0 Å². The van der Waals surface area contributed by atoms with E-state index in [0.717, 1.165) is 5.39 Å². The third-order valence-corrected chi connectivity index (χ3v) is 5.14. The van der Waals surface area contributed by atoms with E-state index >= 15 is 0 Å². The highest BCUT2D eigenvalue weighted by molar-refractivity contribution is 7.92. The number of benzene rings is 2. The Hall–Kier alpha value is -2.60. The Kier molecular flexibility index (Phi) is 3.03. The Morgan fingerprint density at radius 1 is 0.952 bits per heavy atom. The van der Waals surface area contributed by atoms with Crippen LogP contribution < -0.4 is 11.5 Å². The molecule has 1 heterocycles. The molecule has 0 amide bonds. The molecule has 0 aliphatic carbocycles. The molecule has 0 atom stereocenters. The summed E-state index contributed by atoms with van der Waals surface area (Å²) in [5.74, 6) is 0. The molecule has 3 aromatic rings. The Morgan fingerprint density at radius 3 is 2.52 bits per heavy atom. The molecule has 0 unspecified atom stereocenters. The van der Waals surface area contributed by atoms with Crippen LogP contribution in [-0.2, 0) is 9.84 Å². The number of hydrogen-bond acceptors (Lipinski definition) is 5. The summed E-state index contributed by atoms with van der Waals surface area (Å²) in [7, 11) is -3.72. The van der Waals surface area contributed by atoms with E-state index in [1.165, 1.54) is 18.2 Å². The quantitative estimate of drug-likeness (QED) is 0.707. The maximum Gasteiger partial charge on any atom is 0.209 e. The minimum absolute atomic E-state index is 0.0565. The average molecular weight is 299 g/mol. The molecule has 106 valence electrons. The van der Waals surface area contributed by atoms with Gasteiger partial charge in [-0.3, -0.25) is 4.98 Å². The van der Waals surface area contributed by atoms with Gasteiger partial charge in [-0.05, 0) is 30.3 Å². The monoisotopic (exact) mass is 299 g/mol. The Bertz CT molecular complexity index is 931. The molecule has 3 rings (SSSR count). The highest BCUT2D eigenvalue weighted by Gasteiger charge is 2.22. The summed E-state index contributed by atoms with van der Waals surface area (Å²) in [6, 6.07) is 11.1. The van der Waals surface area contributed by atoms with Crippen LogP contribution in [0, 0.1) is 0 Å². The topological polar surface area (TPSA) is 99.1 Å². The molecule has 0 radical (unpaired) electrons. The summed E-state index contributed by atoms with van der Waals surface area (Å²) in [6.07, 6.45) is 3.19. The fourth-order valence-electron chi connectivity index (χ4n) is 2.26. The van der Waals surface area contributed by atoms with Crippen molar-refractivity contribution in [1.82, 2.24) is 4.98 Å². The van der Waals surface area contributed by atoms with Crippen LogP contribution in [0.2, 0.25) is 0 Å². The smallest absolute Gasteiger partial charge is 0.209 e. The fourth-order valence-corrected chi connectivity index (χ4v) is 3.84. The number of sulfone groups is 1. The zero-order valence-electron chi connectivity index (χ0n) is 11.0. The molecule has 1 aromatic heterocycles. The lowest BCUT2D eigenvalue weighted by molar-refractivity contribution is 0.597. The number of anilines is 2. The second-order valence-electron chi connectivity index (χ2n) is 4.65. The first-order chi connectivity index (χ1) is 10.00. The van der Waals surface area contributed by atoms with Crippen molar-refractivity contribution in [1.29, 1.82) is 0 Å². The van der Waals surface area contributed by atoms with E-state index in [4.69, 9.17) is 11.5 Å². The van der Waals surface area contributed by atoms with E-state index in [2.05, 4.69) is 4.98 Å². The summed E-state index contributed by atoms with van der Waals surface area (Å²) in [6.45, 7) is 0. The molecule has 2 aromatic carbocycles. The molecule has 0 aliphatic rings. The van der Waals surface area contributed by atoms with Crippen molar-refractivity contribution in [2.24, 2.45) is 0 Å². The number of pyridine rings is 1. The molecular formula is C15H13N3O2S. The van der Waals surface area contributed by atoms with Gasteiger partial charge in [0.25, 0.3) is 0 Å². The SMILES string of the molecule is Nc1ccc(S(=O)(=O)c2cccc3cnccc23)c(N)c1. The number of aromatic nitrogens is 1. The van der Waals surface area contributed by atoms with Crippen LogP contribution in [0.25, 0.3) is 10.8 Å². The molecule has 0 spiro atoms. The molecule has 4 N–H and O–H groups in total. The first-order valence-corrected chi connectivity index (χ1v) is 7.71. The van der Waals surface area contributed by atoms with Crippen molar-refractivity contribution in [3.05, 3.63) is 54.9 Å². The number of hydrogen-bond donors (Lipinski definition) is 2. The molecule has 21 heavy (non-hydrogen) atoms. The van der Waals surface area contributed by atoms with E-state index in [1.807, 2.05) is 6.07 Å². The summed E-state index contributed by atoms with van der Waals surface area (Å²) in [5.41, 5.74) is 12.0. The highest BCUT2D eigenvalue weighted by Crippen LogP contribution is 2.31. The number of rotatable bonds is 2. The van der Waals surface area contributed by atoms with Crippen LogP contribution in [0.4, 0.5) is 11.4 Å². The van der Waals surface area contributed by atoms with E-state index in [0.29, 0.717) is 11.1 Å². The second kappa shape index (κ2) is 4.75. The highest BCUT2D eigenvalue weighted by atomic mass is 32.2. The van der Waals surface area contributed by atoms with Gasteiger partial charge in [-0.15, -0.1) is 0 Å². The second-order valence-corrected chi connectivity index (χ2v) is 6.54. The lowest BCUT2D eigenvalue weighted by atomic mass is 10.2. The van der Waals surface area contributed by atoms with Crippen molar-refractivity contribution in [2.75, 3.05) is 11.5 Å². The standard InChI is InChI=1S/C15H13N3O2S/c16-11-4-5-15(13(17)8-11)21(19,20)14-3-1-2-10-9-18-7-6-12(10)14/h1-9H,16-17H2. The van der Waals surface area contributed by atoms with Crippen LogP contribution in [0.3, 0.4) is 0 Å². The predicted octanol–water partition coefficient (Wildman–Crippen LogP) is 2.23. The van der Waals surface area contributed by atoms with Gasteiger partial charge >= 0.3 is 0 Å². The molecular weight excluding hydrogens is 286 g/mol. The van der Waals surface area contributed by atoms with Gasteiger partial charge in [0.2, 0.25) is 9.84 Å². The van der Waals surface area contributed by atoms with Crippen molar-refractivity contribution in [2.45, 2.75) is 9.79 Å². The van der Waals surface area contributed by atoms with Gasteiger partial charge in [0.15, 0.2) is 0 Å². The predicted molar refractivity (Wildman–Crippen MR) is 82.5 cm³/mol. The van der Waals surface area contributed by atoms with Gasteiger partial charge in [-0.25, -0.2) is 8.42 Å². The van der Waals surface area contributed by atoms with Crippen LogP contribution in [0.5, 0.6) is 0 Å². The van der Waals surface area contributed by atoms with Gasteiger partial charge in [0.1, 0.15) is 0 Å².